The number of aliphatic hydroxyl groups is 1. The number of likely N-dealkylation sites (N-methyl/N-ethyl adjacent to an activating group) is 1. The molecule has 0 aliphatic carbocycles. The Labute approximate surface area is 180 Å². The second-order valence-corrected chi connectivity index (χ2v) is 7.82. The minimum Gasteiger partial charge on any atom is -0.491 e. The van der Waals surface area contributed by atoms with E-state index in [0.29, 0.717) is 6.54 Å². The molecule has 0 amide bonds. The molecule has 0 aliphatic heterocycles. The monoisotopic (exact) mass is 404 g/mol. The minimum atomic E-state index is -0.533. The molecule has 0 heterocycles. The molecule has 4 nitrogen and oxygen atoms in total. The maximum Gasteiger partial charge on any atom is 0.119 e. The highest BCUT2D eigenvalue weighted by Gasteiger charge is 2.10. The number of benzene rings is 3. The number of hydrogen-bond donors (Lipinski definition) is 2. The summed E-state index contributed by atoms with van der Waals surface area (Å²) in [6.07, 6.45) is -0.533. The highest BCUT2D eigenvalue weighted by atomic mass is 16.5. The number of hydrogen-bond acceptors (Lipinski definition) is 4. The highest BCUT2D eigenvalue weighted by molar-refractivity contribution is 5.28. The Hall–Kier alpha value is -2.66. The average molecular weight is 405 g/mol. The molecule has 1 atom stereocenters. The number of rotatable bonds is 11. The fourth-order valence-electron chi connectivity index (χ4n) is 3.42. The number of aliphatic hydroxyl groups excluding tert-OH is 1. The molecule has 3 aromatic rings. The normalized spacial score (nSPS) is 12.1. The Balaban J connectivity index is 1.37. The second-order valence-electron chi connectivity index (χ2n) is 7.82. The zero-order valence-electron chi connectivity index (χ0n) is 17.9. The molecule has 0 unspecified atom stereocenters. The van der Waals surface area contributed by atoms with Crippen LogP contribution in [0.1, 0.15) is 22.3 Å². The van der Waals surface area contributed by atoms with E-state index in [1.54, 1.807) is 0 Å². The standard InChI is InChI=1S/C26H32N2O2/c1-21-8-6-7-11-24(21)17-27-16-22-12-14-26(15-13-22)30-20-25(29)19-28(2)18-23-9-4-3-5-10-23/h3-15,25,27,29H,16-20H2,1-2H3/t25-/m0/s1. The Bertz CT molecular complexity index is 881. The number of ether oxygens (including phenoxy) is 1. The third-order valence-corrected chi connectivity index (χ3v) is 5.09. The van der Waals surface area contributed by atoms with Crippen LogP contribution >= 0.6 is 0 Å². The Kier molecular flexibility index (Phi) is 8.45. The van der Waals surface area contributed by atoms with Crippen LogP contribution in [0.5, 0.6) is 5.75 Å². The van der Waals surface area contributed by atoms with Crippen LogP contribution in [0.3, 0.4) is 0 Å². The Morgan fingerprint density at radius 2 is 1.57 bits per heavy atom. The maximum absolute atomic E-state index is 10.3. The fourth-order valence-corrected chi connectivity index (χ4v) is 3.42. The van der Waals surface area contributed by atoms with Gasteiger partial charge in [0.05, 0.1) is 0 Å². The predicted molar refractivity (Wildman–Crippen MR) is 122 cm³/mol. The van der Waals surface area contributed by atoms with E-state index < -0.39 is 6.10 Å². The molecule has 0 fully saturated rings. The van der Waals surface area contributed by atoms with Crippen LogP contribution in [0, 0.1) is 6.92 Å². The highest BCUT2D eigenvalue weighted by Crippen LogP contribution is 2.13. The van der Waals surface area contributed by atoms with E-state index in [2.05, 4.69) is 65.7 Å². The zero-order chi connectivity index (χ0) is 21.2. The molecule has 30 heavy (non-hydrogen) atoms. The molecule has 0 saturated carbocycles. The molecule has 4 heteroatoms. The van der Waals surface area contributed by atoms with Gasteiger partial charge in [-0.15, -0.1) is 0 Å². The van der Waals surface area contributed by atoms with Gasteiger partial charge in [0.25, 0.3) is 0 Å². The Morgan fingerprint density at radius 3 is 2.30 bits per heavy atom. The number of nitrogens with zero attached hydrogens (tertiary/aromatic N) is 1. The van der Waals surface area contributed by atoms with Gasteiger partial charge in [-0.05, 0) is 48.4 Å². The molecule has 0 aliphatic rings. The SMILES string of the molecule is Cc1ccccc1CNCc1ccc(OC[C@@H](O)CN(C)Cc2ccccc2)cc1. The van der Waals surface area contributed by atoms with E-state index >= 15 is 0 Å². The quantitative estimate of drug-likeness (QED) is 0.504. The molecule has 3 aromatic carbocycles. The van der Waals surface area contributed by atoms with Crippen molar-refractivity contribution in [3.05, 3.63) is 101 Å². The summed E-state index contributed by atoms with van der Waals surface area (Å²) in [5.41, 5.74) is 5.07. The first-order valence-electron chi connectivity index (χ1n) is 10.5. The van der Waals surface area contributed by atoms with Crippen molar-refractivity contribution in [2.24, 2.45) is 0 Å². The van der Waals surface area contributed by atoms with Crippen molar-refractivity contribution < 1.29 is 9.84 Å². The zero-order valence-corrected chi connectivity index (χ0v) is 17.9. The summed E-state index contributed by atoms with van der Waals surface area (Å²) < 4.78 is 5.77. The van der Waals surface area contributed by atoms with Crippen molar-refractivity contribution in [1.82, 2.24) is 10.2 Å². The third-order valence-electron chi connectivity index (χ3n) is 5.09. The molecule has 0 aromatic heterocycles. The van der Waals surface area contributed by atoms with Gasteiger partial charge in [-0.2, -0.15) is 0 Å². The van der Waals surface area contributed by atoms with Gasteiger partial charge >= 0.3 is 0 Å². The summed E-state index contributed by atoms with van der Waals surface area (Å²) in [5, 5.41) is 13.8. The molecule has 0 saturated heterocycles. The van der Waals surface area contributed by atoms with Gasteiger partial charge in [-0.3, -0.25) is 4.90 Å². The topological polar surface area (TPSA) is 44.7 Å². The van der Waals surface area contributed by atoms with Gasteiger partial charge in [-0.1, -0.05) is 66.7 Å². The molecule has 2 N–H and O–H groups in total. The van der Waals surface area contributed by atoms with Crippen molar-refractivity contribution in [3.63, 3.8) is 0 Å². The van der Waals surface area contributed by atoms with Crippen LogP contribution < -0.4 is 10.1 Å². The summed E-state index contributed by atoms with van der Waals surface area (Å²) in [6, 6.07) is 26.7. The van der Waals surface area contributed by atoms with E-state index in [0.717, 1.165) is 25.4 Å². The molecular formula is C26H32N2O2. The second kappa shape index (κ2) is 11.5. The maximum atomic E-state index is 10.3. The van der Waals surface area contributed by atoms with Crippen LogP contribution in [0.4, 0.5) is 0 Å². The fraction of sp³-hybridized carbons (Fsp3) is 0.308. The third kappa shape index (κ3) is 7.30. The summed E-state index contributed by atoms with van der Waals surface area (Å²) in [5.74, 6) is 0.780. The lowest BCUT2D eigenvalue weighted by atomic mass is 10.1. The summed E-state index contributed by atoms with van der Waals surface area (Å²) in [7, 11) is 2.01. The van der Waals surface area contributed by atoms with Crippen molar-refractivity contribution in [3.8, 4) is 5.75 Å². The molecular weight excluding hydrogens is 372 g/mol. The molecule has 0 spiro atoms. The summed E-state index contributed by atoms with van der Waals surface area (Å²) in [4.78, 5) is 2.10. The predicted octanol–water partition coefficient (Wildman–Crippen LogP) is 4.16. The van der Waals surface area contributed by atoms with Crippen molar-refractivity contribution in [2.45, 2.75) is 32.7 Å². The first-order valence-corrected chi connectivity index (χ1v) is 10.5. The van der Waals surface area contributed by atoms with Crippen LogP contribution in [-0.2, 0) is 19.6 Å². The lowest BCUT2D eigenvalue weighted by Crippen LogP contribution is -2.32. The van der Waals surface area contributed by atoms with Crippen LogP contribution in [-0.4, -0.2) is 36.3 Å². The molecule has 0 radical (unpaired) electrons. The number of nitrogens with one attached hydrogen (secondary N) is 1. The van der Waals surface area contributed by atoms with Gasteiger partial charge in [-0.25, -0.2) is 0 Å². The molecule has 158 valence electrons. The van der Waals surface area contributed by atoms with Crippen LogP contribution in [0.2, 0.25) is 0 Å². The van der Waals surface area contributed by atoms with Crippen LogP contribution in [0.25, 0.3) is 0 Å². The van der Waals surface area contributed by atoms with E-state index in [1.165, 1.54) is 22.3 Å². The summed E-state index contributed by atoms with van der Waals surface area (Å²) >= 11 is 0. The summed E-state index contributed by atoms with van der Waals surface area (Å²) in [6.45, 7) is 5.45. The van der Waals surface area contributed by atoms with Gasteiger partial charge in [0.15, 0.2) is 0 Å². The van der Waals surface area contributed by atoms with E-state index in [1.807, 2.05) is 37.4 Å². The van der Waals surface area contributed by atoms with Gasteiger partial charge < -0.3 is 15.2 Å². The number of aryl methyl sites for hydroxylation is 1. The van der Waals surface area contributed by atoms with Crippen molar-refractivity contribution in [1.29, 1.82) is 0 Å². The molecule has 3 rings (SSSR count). The lowest BCUT2D eigenvalue weighted by molar-refractivity contribution is 0.0744. The van der Waals surface area contributed by atoms with Gasteiger partial charge in [0.2, 0.25) is 0 Å². The average Bonchev–Trinajstić information content (AvgIpc) is 2.75. The Morgan fingerprint density at radius 1 is 0.867 bits per heavy atom. The first-order chi connectivity index (χ1) is 14.6. The van der Waals surface area contributed by atoms with Gasteiger partial charge in [0.1, 0.15) is 18.5 Å². The lowest BCUT2D eigenvalue weighted by Gasteiger charge is -2.21. The minimum absolute atomic E-state index is 0.282. The van der Waals surface area contributed by atoms with Crippen molar-refractivity contribution in [2.75, 3.05) is 20.2 Å². The largest absolute Gasteiger partial charge is 0.491 e. The van der Waals surface area contributed by atoms with Gasteiger partial charge in [0, 0.05) is 26.2 Å². The first kappa shape index (κ1) is 22.0. The smallest absolute Gasteiger partial charge is 0.119 e. The molecule has 0 bridgehead atoms. The van der Waals surface area contributed by atoms with E-state index in [-0.39, 0.29) is 6.61 Å². The van der Waals surface area contributed by atoms with Crippen LogP contribution in [0.15, 0.2) is 78.9 Å². The van der Waals surface area contributed by atoms with E-state index in [9.17, 15) is 5.11 Å². The van der Waals surface area contributed by atoms with Crippen molar-refractivity contribution >= 4 is 0 Å². The van der Waals surface area contributed by atoms with E-state index in [4.69, 9.17) is 4.74 Å².